The molecule has 0 aliphatic carbocycles. The number of aryl methyl sites for hydroxylation is 1. The van der Waals surface area contributed by atoms with Crippen molar-refractivity contribution in [3.63, 3.8) is 0 Å². The summed E-state index contributed by atoms with van der Waals surface area (Å²) in [5, 5.41) is 0. The second-order valence-corrected chi connectivity index (χ2v) is 5.21. The van der Waals surface area contributed by atoms with Crippen molar-refractivity contribution in [2.75, 3.05) is 32.7 Å². The van der Waals surface area contributed by atoms with E-state index in [-0.39, 0.29) is 11.9 Å². The molecule has 0 aromatic heterocycles. The van der Waals surface area contributed by atoms with Crippen molar-refractivity contribution >= 4 is 5.91 Å². The van der Waals surface area contributed by atoms with E-state index in [0.29, 0.717) is 6.54 Å². The van der Waals surface area contributed by atoms with Gasteiger partial charge in [0.15, 0.2) is 0 Å². The fraction of sp³-hybridized carbons (Fsp3) is 0.533. The third-order valence-electron chi connectivity index (χ3n) is 3.85. The van der Waals surface area contributed by atoms with Crippen LogP contribution in [0.1, 0.15) is 24.1 Å². The van der Waals surface area contributed by atoms with Gasteiger partial charge in [-0.25, -0.2) is 0 Å². The first-order chi connectivity index (χ1) is 9.11. The lowest BCUT2D eigenvalue weighted by Gasteiger charge is -2.38. The van der Waals surface area contributed by atoms with Gasteiger partial charge < -0.3 is 10.6 Å². The highest BCUT2D eigenvalue weighted by Crippen LogP contribution is 2.22. The van der Waals surface area contributed by atoms with Crippen molar-refractivity contribution in [3.8, 4) is 0 Å². The maximum Gasteiger partial charge on any atom is 0.219 e. The summed E-state index contributed by atoms with van der Waals surface area (Å²) < 4.78 is 0. The average molecular weight is 261 g/mol. The van der Waals surface area contributed by atoms with Gasteiger partial charge in [0.2, 0.25) is 5.91 Å². The zero-order valence-electron chi connectivity index (χ0n) is 11.8. The minimum atomic E-state index is 0.166. The fourth-order valence-corrected chi connectivity index (χ4v) is 2.72. The predicted molar refractivity (Wildman–Crippen MR) is 76.8 cm³/mol. The summed E-state index contributed by atoms with van der Waals surface area (Å²) in [5.41, 5.74) is 8.50. The number of carbonyl (C=O) groups excluding carboxylic acids is 1. The molecule has 1 aliphatic rings. The standard InChI is InChI=1S/C15H23N3O/c1-12-4-3-5-14(10-12)15(11-16)18-8-6-17(7-9-18)13(2)19/h3-5,10,15H,6-9,11,16H2,1-2H3. The van der Waals surface area contributed by atoms with Gasteiger partial charge in [-0.3, -0.25) is 9.69 Å². The number of hydrogen-bond donors (Lipinski definition) is 1. The van der Waals surface area contributed by atoms with Crippen molar-refractivity contribution in [1.82, 2.24) is 9.80 Å². The van der Waals surface area contributed by atoms with Crippen molar-refractivity contribution in [3.05, 3.63) is 35.4 Å². The predicted octanol–water partition coefficient (Wildman–Crippen LogP) is 1.16. The molecule has 1 aromatic rings. The number of rotatable bonds is 3. The molecule has 19 heavy (non-hydrogen) atoms. The van der Waals surface area contributed by atoms with E-state index < -0.39 is 0 Å². The Morgan fingerprint density at radius 3 is 2.53 bits per heavy atom. The van der Waals surface area contributed by atoms with Gasteiger partial charge in [0.25, 0.3) is 0 Å². The molecule has 0 saturated carbocycles. The lowest BCUT2D eigenvalue weighted by atomic mass is 10.0. The molecule has 1 saturated heterocycles. The van der Waals surface area contributed by atoms with Crippen molar-refractivity contribution in [2.45, 2.75) is 19.9 Å². The Kier molecular flexibility index (Phi) is 4.56. The summed E-state index contributed by atoms with van der Waals surface area (Å²) in [4.78, 5) is 15.6. The molecule has 1 aromatic carbocycles. The van der Waals surface area contributed by atoms with Gasteiger partial charge in [0, 0.05) is 45.7 Å². The molecule has 0 bridgehead atoms. The molecule has 1 fully saturated rings. The van der Waals surface area contributed by atoms with Crippen LogP contribution in [0, 0.1) is 6.92 Å². The van der Waals surface area contributed by atoms with Gasteiger partial charge >= 0.3 is 0 Å². The van der Waals surface area contributed by atoms with Crippen molar-refractivity contribution < 1.29 is 4.79 Å². The van der Waals surface area contributed by atoms with Crippen molar-refractivity contribution in [2.24, 2.45) is 5.73 Å². The zero-order chi connectivity index (χ0) is 13.8. The molecule has 0 radical (unpaired) electrons. The Morgan fingerprint density at radius 1 is 1.32 bits per heavy atom. The lowest BCUT2D eigenvalue weighted by molar-refractivity contribution is -0.130. The van der Waals surface area contributed by atoms with Crippen LogP contribution in [0.15, 0.2) is 24.3 Å². The highest BCUT2D eigenvalue weighted by atomic mass is 16.2. The number of nitrogens with two attached hydrogens (primary N) is 1. The topological polar surface area (TPSA) is 49.6 Å². The van der Waals surface area contributed by atoms with Gasteiger partial charge in [-0.15, -0.1) is 0 Å². The Bertz CT molecular complexity index is 439. The summed E-state index contributed by atoms with van der Waals surface area (Å²) in [6.07, 6.45) is 0. The second kappa shape index (κ2) is 6.17. The molecule has 1 aliphatic heterocycles. The minimum absolute atomic E-state index is 0.166. The number of amides is 1. The van der Waals surface area contributed by atoms with Crippen LogP contribution in [0.5, 0.6) is 0 Å². The molecule has 4 heteroatoms. The number of hydrogen-bond acceptors (Lipinski definition) is 3. The molecule has 1 unspecified atom stereocenters. The molecular weight excluding hydrogens is 238 g/mol. The summed E-state index contributed by atoms with van der Waals surface area (Å²) in [5.74, 6) is 0.166. The molecule has 1 amide bonds. The third kappa shape index (κ3) is 3.33. The monoisotopic (exact) mass is 261 g/mol. The summed E-state index contributed by atoms with van der Waals surface area (Å²) in [6.45, 7) is 7.75. The maximum absolute atomic E-state index is 11.3. The van der Waals surface area contributed by atoms with Crippen LogP contribution < -0.4 is 5.73 Å². The molecule has 104 valence electrons. The van der Waals surface area contributed by atoms with Gasteiger partial charge in [0.1, 0.15) is 0 Å². The Balaban J connectivity index is 2.05. The van der Waals surface area contributed by atoms with Gasteiger partial charge in [0.05, 0.1) is 0 Å². The molecule has 1 heterocycles. The Hall–Kier alpha value is -1.39. The summed E-state index contributed by atoms with van der Waals surface area (Å²) in [7, 11) is 0. The van der Waals surface area contributed by atoms with Crippen LogP contribution in [-0.4, -0.2) is 48.4 Å². The number of carbonyl (C=O) groups is 1. The van der Waals surface area contributed by atoms with Gasteiger partial charge in [-0.2, -0.15) is 0 Å². The first-order valence-corrected chi connectivity index (χ1v) is 6.88. The van der Waals surface area contributed by atoms with Gasteiger partial charge in [-0.05, 0) is 12.5 Å². The SMILES string of the molecule is CC(=O)N1CCN(C(CN)c2cccc(C)c2)CC1. The molecule has 1 atom stereocenters. The van der Waals surface area contributed by atoms with E-state index in [1.165, 1.54) is 11.1 Å². The summed E-state index contributed by atoms with van der Waals surface area (Å²) >= 11 is 0. The average Bonchev–Trinajstić information content (AvgIpc) is 2.40. The van der Waals surface area contributed by atoms with E-state index in [9.17, 15) is 4.79 Å². The first kappa shape index (κ1) is 14.0. The smallest absolute Gasteiger partial charge is 0.219 e. The Labute approximate surface area is 115 Å². The highest BCUT2D eigenvalue weighted by molar-refractivity contribution is 5.73. The van der Waals surface area contributed by atoms with E-state index in [2.05, 4.69) is 36.1 Å². The second-order valence-electron chi connectivity index (χ2n) is 5.21. The molecule has 0 spiro atoms. The summed E-state index contributed by atoms with van der Waals surface area (Å²) in [6, 6.07) is 8.79. The zero-order valence-corrected chi connectivity index (χ0v) is 11.8. The van der Waals surface area contributed by atoms with Gasteiger partial charge in [-0.1, -0.05) is 29.8 Å². The minimum Gasteiger partial charge on any atom is -0.340 e. The van der Waals surface area contributed by atoms with Crippen LogP contribution in [-0.2, 0) is 4.79 Å². The first-order valence-electron chi connectivity index (χ1n) is 6.88. The number of piperazine rings is 1. The molecule has 2 rings (SSSR count). The normalized spacial score (nSPS) is 18.4. The Morgan fingerprint density at radius 2 is 2.00 bits per heavy atom. The van der Waals surface area contributed by atoms with Crippen LogP contribution in [0.3, 0.4) is 0 Å². The number of nitrogens with zero attached hydrogens (tertiary/aromatic N) is 2. The van der Waals surface area contributed by atoms with E-state index in [1.807, 2.05) is 4.90 Å². The van der Waals surface area contributed by atoms with E-state index in [0.717, 1.165) is 26.2 Å². The van der Waals surface area contributed by atoms with Crippen LogP contribution in [0.4, 0.5) is 0 Å². The molecular formula is C15H23N3O. The molecule has 2 N–H and O–H groups in total. The van der Waals surface area contributed by atoms with E-state index in [1.54, 1.807) is 6.92 Å². The van der Waals surface area contributed by atoms with Crippen LogP contribution >= 0.6 is 0 Å². The van der Waals surface area contributed by atoms with Crippen molar-refractivity contribution in [1.29, 1.82) is 0 Å². The van der Waals surface area contributed by atoms with E-state index >= 15 is 0 Å². The highest BCUT2D eigenvalue weighted by Gasteiger charge is 2.24. The van der Waals surface area contributed by atoms with Crippen LogP contribution in [0.2, 0.25) is 0 Å². The largest absolute Gasteiger partial charge is 0.340 e. The third-order valence-corrected chi connectivity index (χ3v) is 3.85. The molecule has 4 nitrogen and oxygen atoms in total. The number of benzene rings is 1. The maximum atomic E-state index is 11.3. The van der Waals surface area contributed by atoms with Crippen LogP contribution in [0.25, 0.3) is 0 Å². The van der Waals surface area contributed by atoms with E-state index in [4.69, 9.17) is 5.73 Å². The fourth-order valence-electron chi connectivity index (χ4n) is 2.72. The quantitative estimate of drug-likeness (QED) is 0.888. The lowest BCUT2D eigenvalue weighted by Crippen LogP contribution is -2.50.